The Kier molecular flexibility index (Phi) is 4.21. The number of benzene rings is 1. The van der Waals surface area contributed by atoms with E-state index < -0.39 is 17.0 Å². The van der Waals surface area contributed by atoms with E-state index in [9.17, 15) is 23.3 Å². The maximum absolute atomic E-state index is 12.6. The summed E-state index contributed by atoms with van der Waals surface area (Å²) in [5.41, 5.74) is 2.45. The quantitative estimate of drug-likeness (QED) is 0.509. The van der Waals surface area contributed by atoms with Crippen LogP contribution in [0.3, 0.4) is 0 Å². The summed E-state index contributed by atoms with van der Waals surface area (Å²) in [6.07, 6.45) is -4.35. The Morgan fingerprint density at radius 1 is 1.33 bits per heavy atom. The lowest BCUT2D eigenvalue weighted by atomic mass is 9.95. The van der Waals surface area contributed by atoms with Gasteiger partial charge in [-0.05, 0) is 25.0 Å². The molecule has 2 rings (SSSR count). The maximum atomic E-state index is 12.6. The molecule has 1 aromatic rings. The van der Waals surface area contributed by atoms with Gasteiger partial charge < -0.3 is 10.3 Å². The zero-order chi connectivity index (χ0) is 15.6. The van der Waals surface area contributed by atoms with Gasteiger partial charge in [0.25, 0.3) is 0 Å². The van der Waals surface area contributed by atoms with Crippen LogP contribution < -0.4 is 16.2 Å². The van der Waals surface area contributed by atoms with Crippen LogP contribution in [0.2, 0.25) is 0 Å². The van der Waals surface area contributed by atoms with E-state index in [1.807, 2.05) is 0 Å². The van der Waals surface area contributed by atoms with E-state index in [1.165, 1.54) is 12.1 Å². The van der Waals surface area contributed by atoms with Gasteiger partial charge >= 0.3 is 11.9 Å². The van der Waals surface area contributed by atoms with Crippen molar-refractivity contribution in [2.24, 2.45) is 11.8 Å². The lowest BCUT2D eigenvalue weighted by Gasteiger charge is -2.34. The van der Waals surface area contributed by atoms with Crippen molar-refractivity contribution in [1.82, 2.24) is 0 Å². The Balaban J connectivity index is 2.23. The Morgan fingerprint density at radius 2 is 1.95 bits per heavy atom. The van der Waals surface area contributed by atoms with Gasteiger partial charge in [0.05, 0.1) is 10.8 Å². The SMILES string of the molecule is NNc1cccc(N2CCC(C(F)(F)F)CC2)c1[N+](=O)[O-]. The van der Waals surface area contributed by atoms with Crippen molar-refractivity contribution in [2.75, 3.05) is 23.4 Å². The molecule has 1 heterocycles. The number of nitrogens with one attached hydrogen (secondary N) is 1. The molecule has 0 aromatic heterocycles. The average Bonchev–Trinajstić information content (AvgIpc) is 2.45. The predicted octanol–water partition coefficient (Wildman–Crippen LogP) is 2.66. The van der Waals surface area contributed by atoms with Crippen molar-refractivity contribution in [3.8, 4) is 0 Å². The average molecular weight is 304 g/mol. The zero-order valence-electron chi connectivity index (χ0n) is 11.1. The van der Waals surface area contributed by atoms with E-state index in [4.69, 9.17) is 5.84 Å². The van der Waals surface area contributed by atoms with Crippen LogP contribution in [0.25, 0.3) is 0 Å². The molecule has 1 aliphatic rings. The first-order valence-corrected chi connectivity index (χ1v) is 6.40. The second-order valence-electron chi connectivity index (χ2n) is 4.88. The van der Waals surface area contributed by atoms with Crippen LogP contribution in [-0.4, -0.2) is 24.2 Å². The Bertz CT molecular complexity index is 528. The first-order valence-electron chi connectivity index (χ1n) is 6.40. The molecule has 0 unspecified atom stereocenters. The van der Waals surface area contributed by atoms with Crippen molar-refractivity contribution in [2.45, 2.75) is 19.0 Å². The minimum Gasteiger partial charge on any atom is -0.366 e. The zero-order valence-corrected chi connectivity index (χ0v) is 11.1. The molecule has 6 nitrogen and oxygen atoms in total. The van der Waals surface area contributed by atoms with Crippen LogP contribution in [0.1, 0.15) is 12.8 Å². The number of hydrogen-bond donors (Lipinski definition) is 2. The van der Waals surface area contributed by atoms with Gasteiger partial charge in [0.2, 0.25) is 0 Å². The highest BCUT2D eigenvalue weighted by molar-refractivity contribution is 5.76. The molecule has 0 bridgehead atoms. The van der Waals surface area contributed by atoms with Crippen molar-refractivity contribution in [3.63, 3.8) is 0 Å². The second-order valence-corrected chi connectivity index (χ2v) is 4.88. The van der Waals surface area contributed by atoms with Crippen LogP contribution in [0.4, 0.5) is 30.2 Å². The van der Waals surface area contributed by atoms with Crippen molar-refractivity contribution in [1.29, 1.82) is 0 Å². The summed E-state index contributed by atoms with van der Waals surface area (Å²) in [5, 5.41) is 11.2. The van der Waals surface area contributed by atoms with Gasteiger partial charge in [0.15, 0.2) is 0 Å². The molecule has 0 atom stereocenters. The normalized spacial score (nSPS) is 16.9. The van der Waals surface area contributed by atoms with Crippen molar-refractivity contribution >= 4 is 17.1 Å². The summed E-state index contributed by atoms with van der Waals surface area (Å²) in [7, 11) is 0. The van der Waals surface area contributed by atoms with E-state index in [0.717, 1.165) is 0 Å². The second kappa shape index (κ2) is 5.76. The minimum absolute atomic E-state index is 0.0685. The first-order chi connectivity index (χ1) is 9.84. The van der Waals surface area contributed by atoms with Gasteiger partial charge in [-0.2, -0.15) is 13.2 Å². The van der Waals surface area contributed by atoms with E-state index in [-0.39, 0.29) is 43.0 Å². The molecule has 0 aliphatic carbocycles. The van der Waals surface area contributed by atoms with Gasteiger partial charge in [-0.15, -0.1) is 0 Å². The van der Waals surface area contributed by atoms with Crippen molar-refractivity contribution in [3.05, 3.63) is 28.3 Å². The first kappa shape index (κ1) is 15.4. The molecule has 21 heavy (non-hydrogen) atoms. The smallest absolute Gasteiger partial charge is 0.366 e. The molecule has 0 spiro atoms. The number of alkyl halides is 3. The van der Waals surface area contributed by atoms with Crippen LogP contribution in [0.15, 0.2) is 18.2 Å². The number of nitrogens with two attached hydrogens (primary N) is 1. The third-order valence-corrected chi connectivity index (χ3v) is 3.65. The molecule has 1 aliphatic heterocycles. The standard InChI is InChI=1S/C12H15F3N4O2/c13-12(14,15)8-4-6-18(7-5-8)10-3-1-2-9(17-16)11(10)19(20)21/h1-3,8,17H,4-7,16H2. The Morgan fingerprint density at radius 3 is 2.43 bits per heavy atom. The molecule has 1 aromatic carbocycles. The third-order valence-electron chi connectivity index (χ3n) is 3.65. The molecule has 1 saturated heterocycles. The molecule has 0 radical (unpaired) electrons. The summed E-state index contributed by atoms with van der Waals surface area (Å²) in [6, 6.07) is 4.55. The van der Waals surface area contributed by atoms with Gasteiger partial charge in [0, 0.05) is 13.1 Å². The largest absolute Gasteiger partial charge is 0.391 e. The Labute approximate surface area is 118 Å². The van der Waals surface area contributed by atoms with Gasteiger partial charge in [-0.25, -0.2) is 0 Å². The summed E-state index contributed by atoms with van der Waals surface area (Å²) >= 11 is 0. The van der Waals surface area contributed by atoms with E-state index in [1.54, 1.807) is 11.0 Å². The summed E-state index contributed by atoms with van der Waals surface area (Å²) in [6.45, 7) is 0.248. The summed E-state index contributed by atoms with van der Waals surface area (Å²) < 4.78 is 37.9. The highest BCUT2D eigenvalue weighted by Crippen LogP contribution is 2.39. The molecule has 9 heteroatoms. The van der Waals surface area contributed by atoms with E-state index >= 15 is 0 Å². The number of nitrogen functional groups attached to an aromatic ring is 1. The molecule has 0 saturated carbocycles. The van der Waals surface area contributed by atoms with Crippen LogP contribution >= 0.6 is 0 Å². The minimum atomic E-state index is -4.21. The van der Waals surface area contributed by atoms with Crippen LogP contribution in [-0.2, 0) is 0 Å². The highest BCUT2D eigenvalue weighted by atomic mass is 19.4. The number of piperidine rings is 1. The topological polar surface area (TPSA) is 84.4 Å². The van der Waals surface area contributed by atoms with Gasteiger partial charge in [0.1, 0.15) is 11.4 Å². The lowest BCUT2D eigenvalue weighted by Crippen LogP contribution is -2.39. The maximum Gasteiger partial charge on any atom is 0.391 e. The summed E-state index contributed by atoms with van der Waals surface area (Å²) in [5.74, 6) is 3.90. The number of nitro groups is 1. The fourth-order valence-electron chi connectivity index (χ4n) is 2.54. The number of nitrogens with zero attached hydrogens (tertiary/aromatic N) is 2. The number of nitro benzene ring substituents is 1. The molecule has 3 N–H and O–H groups in total. The molecular weight excluding hydrogens is 289 g/mol. The fourth-order valence-corrected chi connectivity index (χ4v) is 2.54. The predicted molar refractivity (Wildman–Crippen MR) is 71.9 cm³/mol. The number of halogens is 3. The summed E-state index contributed by atoms with van der Waals surface area (Å²) in [4.78, 5) is 12.2. The molecular formula is C12H15F3N4O2. The highest BCUT2D eigenvalue weighted by Gasteiger charge is 2.41. The van der Waals surface area contributed by atoms with Crippen LogP contribution in [0.5, 0.6) is 0 Å². The van der Waals surface area contributed by atoms with Crippen LogP contribution in [0, 0.1) is 16.0 Å². The lowest BCUT2D eigenvalue weighted by molar-refractivity contribution is -0.383. The molecule has 1 fully saturated rings. The molecule has 0 amide bonds. The fraction of sp³-hybridized carbons (Fsp3) is 0.500. The number of rotatable bonds is 3. The van der Waals surface area contributed by atoms with E-state index in [0.29, 0.717) is 0 Å². The van der Waals surface area contributed by atoms with Crippen molar-refractivity contribution < 1.29 is 18.1 Å². The number of hydrogen-bond acceptors (Lipinski definition) is 5. The monoisotopic (exact) mass is 304 g/mol. The number of anilines is 2. The third kappa shape index (κ3) is 3.18. The number of para-hydroxylation sites is 1. The molecule has 116 valence electrons. The Hall–Kier alpha value is -2.03. The van der Waals surface area contributed by atoms with E-state index in [2.05, 4.69) is 5.43 Å². The van der Waals surface area contributed by atoms with Gasteiger partial charge in [-0.3, -0.25) is 16.0 Å². The number of hydrazine groups is 1. The van der Waals surface area contributed by atoms with Gasteiger partial charge in [-0.1, -0.05) is 6.07 Å².